The van der Waals surface area contributed by atoms with E-state index in [0.717, 1.165) is 5.56 Å². The Labute approximate surface area is 121 Å². The summed E-state index contributed by atoms with van der Waals surface area (Å²) in [6.45, 7) is 1.34. The van der Waals surface area contributed by atoms with Crippen LogP contribution >= 0.6 is 11.6 Å². The van der Waals surface area contributed by atoms with Crippen LogP contribution in [0.25, 0.3) is 0 Å². The van der Waals surface area contributed by atoms with Crippen LogP contribution in [0.15, 0.2) is 42.5 Å². The van der Waals surface area contributed by atoms with Crippen LogP contribution in [0, 0.1) is 17.0 Å². The number of nitrogens with zero attached hydrogens (tertiary/aromatic N) is 1. The summed E-state index contributed by atoms with van der Waals surface area (Å²) >= 11 is 5.99. The maximum absolute atomic E-state index is 12.4. The van der Waals surface area contributed by atoms with Gasteiger partial charge in [0, 0.05) is 26.6 Å². The summed E-state index contributed by atoms with van der Waals surface area (Å²) in [6, 6.07) is 11.8. The molecule has 0 saturated carbocycles. The molecular formula is C15H12ClNO3. The molecule has 102 valence electrons. The largest absolute Gasteiger partial charge is 0.289 e. The second kappa shape index (κ2) is 5.84. The van der Waals surface area contributed by atoms with E-state index < -0.39 is 11.5 Å². The van der Waals surface area contributed by atoms with Crippen molar-refractivity contribution < 1.29 is 9.72 Å². The number of carbonyl (C=O) groups excluding carboxylic acids is 1. The van der Waals surface area contributed by atoms with E-state index in [9.17, 15) is 14.9 Å². The second-order valence-corrected chi connectivity index (χ2v) is 4.85. The summed E-state index contributed by atoms with van der Waals surface area (Å²) in [5, 5.41) is 11.2. The number of halogens is 1. The fourth-order valence-electron chi connectivity index (χ4n) is 1.95. The van der Waals surface area contributed by atoms with Crippen molar-refractivity contribution in [2.45, 2.75) is 13.5 Å². The van der Waals surface area contributed by atoms with Crippen molar-refractivity contribution in [1.82, 2.24) is 0 Å². The number of hydrogen-bond acceptors (Lipinski definition) is 3. The van der Waals surface area contributed by atoms with E-state index in [2.05, 4.69) is 0 Å². The Hall–Kier alpha value is -2.20. The number of nitro groups is 1. The number of rotatable bonds is 4. The van der Waals surface area contributed by atoms with Crippen molar-refractivity contribution in [2.75, 3.05) is 0 Å². The van der Waals surface area contributed by atoms with Gasteiger partial charge in [0.2, 0.25) is 6.54 Å². The monoisotopic (exact) mass is 289 g/mol. The lowest BCUT2D eigenvalue weighted by atomic mass is 9.96. The lowest BCUT2D eigenvalue weighted by Crippen LogP contribution is -2.09. The molecule has 0 aliphatic heterocycles. The number of aryl methyl sites for hydroxylation is 1. The topological polar surface area (TPSA) is 60.2 Å². The smallest absolute Gasteiger partial charge is 0.229 e. The molecule has 0 saturated heterocycles. The summed E-state index contributed by atoms with van der Waals surface area (Å²) in [5.41, 5.74) is 1.88. The van der Waals surface area contributed by atoms with Gasteiger partial charge in [0.05, 0.1) is 0 Å². The minimum absolute atomic E-state index is 0.234. The van der Waals surface area contributed by atoms with Crippen molar-refractivity contribution >= 4 is 17.4 Å². The van der Waals surface area contributed by atoms with E-state index in [0.29, 0.717) is 21.7 Å². The van der Waals surface area contributed by atoms with Crippen LogP contribution < -0.4 is 0 Å². The quantitative estimate of drug-likeness (QED) is 0.490. The van der Waals surface area contributed by atoms with Gasteiger partial charge in [-0.25, -0.2) is 0 Å². The molecule has 2 rings (SSSR count). The van der Waals surface area contributed by atoms with Crippen molar-refractivity contribution in [2.24, 2.45) is 0 Å². The van der Waals surface area contributed by atoms with Gasteiger partial charge in [-0.3, -0.25) is 14.9 Å². The van der Waals surface area contributed by atoms with Gasteiger partial charge in [-0.15, -0.1) is 0 Å². The third-order valence-electron chi connectivity index (χ3n) is 2.96. The molecule has 0 aliphatic carbocycles. The molecule has 0 aliphatic rings. The van der Waals surface area contributed by atoms with Crippen LogP contribution in [0.4, 0.5) is 0 Å². The molecule has 2 aromatic carbocycles. The van der Waals surface area contributed by atoms with E-state index >= 15 is 0 Å². The number of ketones is 1. The zero-order valence-corrected chi connectivity index (χ0v) is 11.6. The zero-order chi connectivity index (χ0) is 14.7. The first kappa shape index (κ1) is 14.2. The molecule has 4 nitrogen and oxygen atoms in total. The van der Waals surface area contributed by atoms with Gasteiger partial charge in [0.15, 0.2) is 5.78 Å². The van der Waals surface area contributed by atoms with Crippen LogP contribution in [0.5, 0.6) is 0 Å². The van der Waals surface area contributed by atoms with Gasteiger partial charge < -0.3 is 0 Å². The molecular weight excluding hydrogens is 278 g/mol. The molecule has 0 N–H and O–H groups in total. The predicted octanol–water partition coefficient (Wildman–Crippen LogP) is 3.66. The molecule has 0 atom stereocenters. The van der Waals surface area contributed by atoms with Crippen LogP contribution in [0.1, 0.15) is 27.0 Å². The maximum Gasteiger partial charge on any atom is 0.229 e. The van der Waals surface area contributed by atoms with Gasteiger partial charge in [-0.2, -0.15) is 0 Å². The van der Waals surface area contributed by atoms with Gasteiger partial charge >= 0.3 is 0 Å². The Morgan fingerprint density at radius 1 is 1.25 bits per heavy atom. The van der Waals surface area contributed by atoms with Crippen molar-refractivity contribution in [1.29, 1.82) is 0 Å². The van der Waals surface area contributed by atoms with Crippen molar-refractivity contribution in [3.05, 3.63) is 79.9 Å². The Morgan fingerprint density at radius 2 is 1.90 bits per heavy atom. The highest BCUT2D eigenvalue weighted by molar-refractivity contribution is 6.31. The molecule has 0 fully saturated rings. The molecule has 0 radical (unpaired) electrons. The van der Waals surface area contributed by atoms with Crippen LogP contribution in [-0.4, -0.2) is 10.7 Å². The molecule has 0 unspecified atom stereocenters. The Kier molecular flexibility index (Phi) is 4.15. The average molecular weight is 290 g/mol. The van der Waals surface area contributed by atoms with Gasteiger partial charge in [-0.05, 0) is 24.6 Å². The third-order valence-corrected chi connectivity index (χ3v) is 3.37. The van der Waals surface area contributed by atoms with E-state index in [-0.39, 0.29) is 5.78 Å². The third kappa shape index (κ3) is 3.03. The summed E-state index contributed by atoms with van der Waals surface area (Å²) in [6.07, 6.45) is 0. The zero-order valence-electron chi connectivity index (χ0n) is 10.8. The molecule has 0 bridgehead atoms. The van der Waals surface area contributed by atoms with Gasteiger partial charge in [0.25, 0.3) is 0 Å². The molecule has 5 heteroatoms. The normalized spacial score (nSPS) is 10.3. The highest BCUT2D eigenvalue weighted by atomic mass is 35.5. The lowest BCUT2D eigenvalue weighted by molar-refractivity contribution is -0.496. The fourth-order valence-corrected chi connectivity index (χ4v) is 2.14. The minimum atomic E-state index is -0.469. The summed E-state index contributed by atoms with van der Waals surface area (Å²) in [5.74, 6) is -0.234. The fraction of sp³-hybridized carbons (Fsp3) is 0.133. The highest BCUT2D eigenvalue weighted by Gasteiger charge is 2.18. The van der Waals surface area contributed by atoms with Crippen LogP contribution in [0.2, 0.25) is 5.02 Å². The van der Waals surface area contributed by atoms with Gasteiger partial charge in [-0.1, -0.05) is 41.9 Å². The molecule has 0 aromatic heterocycles. The Bertz CT molecular complexity index is 668. The van der Waals surface area contributed by atoms with Crippen molar-refractivity contribution in [3.8, 4) is 0 Å². The molecule has 0 spiro atoms. The lowest BCUT2D eigenvalue weighted by Gasteiger charge is -2.09. The Balaban J connectivity index is 2.52. The number of hydrogen-bond donors (Lipinski definition) is 0. The molecule has 0 amide bonds. The minimum Gasteiger partial charge on any atom is -0.289 e. The first-order valence-corrected chi connectivity index (χ1v) is 6.37. The van der Waals surface area contributed by atoms with Crippen LogP contribution in [0.3, 0.4) is 0 Å². The molecule has 20 heavy (non-hydrogen) atoms. The maximum atomic E-state index is 12.4. The van der Waals surface area contributed by atoms with Crippen LogP contribution in [-0.2, 0) is 6.54 Å². The summed E-state index contributed by atoms with van der Waals surface area (Å²) in [4.78, 5) is 22.7. The summed E-state index contributed by atoms with van der Waals surface area (Å²) < 4.78 is 0. The van der Waals surface area contributed by atoms with Gasteiger partial charge in [0.1, 0.15) is 0 Å². The standard InChI is InChI=1S/C15H12ClNO3/c1-10-7-13(12(8-14(10)16)9-17(19)20)15(18)11-5-3-2-4-6-11/h2-8H,9H2,1H3. The van der Waals surface area contributed by atoms with E-state index in [1.54, 1.807) is 37.3 Å². The van der Waals surface area contributed by atoms with E-state index in [1.807, 2.05) is 6.07 Å². The first-order chi connectivity index (χ1) is 9.49. The first-order valence-electron chi connectivity index (χ1n) is 5.99. The average Bonchev–Trinajstić information content (AvgIpc) is 2.42. The SMILES string of the molecule is Cc1cc(C(=O)c2ccccc2)c(C[N+](=O)[O-])cc1Cl. The molecule has 2 aromatic rings. The second-order valence-electron chi connectivity index (χ2n) is 4.44. The number of carbonyl (C=O) groups is 1. The molecule has 0 heterocycles. The predicted molar refractivity (Wildman–Crippen MR) is 76.8 cm³/mol. The summed E-state index contributed by atoms with van der Waals surface area (Å²) in [7, 11) is 0. The highest BCUT2D eigenvalue weighted by Crippen LogP contribution is 2.24. The Morgan fingerprint density at radius 3 is 2.50 bits per heavy atom. The van der Waals surface area contributed by atoms with Crippen molar-refractivity contribution in [3.63, 3.8) is 0 Å². The van der Waals surface area contributed by atoms with E-state index in [4.69, 9.17) is 11.6 Å². The number of benzene rings is 2. The van der Waals surface area contributed by atoms with E-state index in [1.165, 1.54) is 6.07 Å².